The molecule has 0 aliphatic carbocycles. The Morgan fingerprint density at radius 1 is 1.50 bits per heavy atom. The summed E-state index contributed by atoms with van der Waals surface area (Å²) in [5.41, 5.74) is 0. The van der Waals surface area contributed by atoms with Crippen LogP contribution >= 0.6 is 0 Å². The first-order valence-electron chi connectivity index (χ1n) is 2.45. The van der Waals surface area contributed by atoms with Gasteiger partial charge in [-0.15, -0.1) is 0 Å². The molecule has 1 unspecified atom stereocenters. The van der Waals surface area contributed by atoms with Crippen molar-refractivity contribution < 1.29 is 21.6 Å². The van der Waals surface area contributed by atoms with Gasteiger partial charge in [-0.2, -0.15) is 13.2 Å². The molecule has 0 fully saturated rings. The van der Waals surface area contributed by atoms with Gasteiger partial charge in [0, 0.05) is 0 Å². The Hall–Kier alpha value is -0.100. The maximum Gasteiger partial charge on any atom is 0.390 e. The zero-order valence-corrected chi connectivity index (χ0v) is 6.09. The summed E-state index contributed by atoms with van der Waals surface area (Å²) in [7, 11) is 1.10. The molecule has 0 aliphatic heterocycles. The molecular weight excluding hydrogens is 169 g/mol. The van der Waals surface area contributed by atoms with Crippen molar-refractivity contribution in [2.24, 2.45) is 0 Å². The van der Waals surface area contributed by atoms with Crippen molar-refractivity contribution in [1.29, 1.82) is 0 Å². The van der Waals surface area contributed by atoms with E-state index in [1.165, 1.54) is 0 Å². The molecule has 6 heteroatoms. The van der Waals surface area contributed by atoms with Crippen LogP contribution in [0.4, 0.5) is 13.2 Å². The van der Waals surface area contributed by atoms with Gasteiger partial charge in [-0.3, -0.25) is 4.18 Å². The van der Waals surface area contributed by atoms with Gasteiger partial charge in [0.15, 0.2) is 11.1 Å². The summed E-state index contributed by atoms with van der Waals surface area (Å²) < 4.78 is 48.5. The van der Waals surface area contributed by atoms with Crippen LogP contribution in [0.1, 0.15) is 6.42 Å². The fraction of sp³-hybridized carbons (Fsp3) is 1.00. The van der Waals surface area contributed by atoms with Crippen LogP contribution in [0, 0.1) is 0 Å². The maximum atomic E-state index is 11.4. The maximum absolute atomic E-state index is 11.4. The van der Waals surface area contributed by atoms with Crippen LogP contribution in [0.3, 0.4) is 0 Å². The highest BCUT2D eigenvalue weighted by Crippen LogP contribution is 2.19. The highest BCUT2D eigenvalue weighted by Gasteiger charge is 2.27. The second-order valence-corrected chi connectivity index (χ2v) is 2.89. The summed E-state index contributed by atoms with van der Waals surface area (Å²) in [5, 5.41) is 0. The smallest absolute Gasteiger partial charge is 0.294 e. The molecule has 10 heavy (non-hydrogen) atoms. The number of halogens is 3. The first-order chi connectivity index (χ1) is 4.45. The van der Waals surface area contributed by atoms with Crippen molar-refractivity contribution in [2.45, 2.75) is 12.6 Å². The summed E-state index contributed by atoms with van der Waals surface area (Å²) in [6.07, 6.45) is -5.30. The van der Waals surface area contributed by atoms with Crippen LogP contribution in [0.25, 0.3) is 0 Å². The fourth-order valence-corrected chi connectivity index (χ4v) is 0.847. The Balaban J connectivity index is 3.46. The molecule has 0 heterocycles. The van der Waals surface area contributed by atoms with Crippen LogP contribution in [-0.2, 0) is 15.3 Å². The molecule has 0 saturated heterocycles. The number of hydrogen-bond donors (Lipinski definition) is 0. The molecule has 0 radical (unpaired) electrons. The van der Waals surface area contributed by atoms with Crippen LogP contribution in [-0.4, -0.2) is 23.2 Å². The fourth-order valence-electron chi connectivity index (χ4n) is 0.282. The first-order valence-corrected chi connectivity index (χ1v) is 3.69. The quantitative estimate of drug-likeness (QED) is 0.646. The van der Waals surface area contributed by atoms with E-state index in [9.17, 15) is 17.4 Å². The van der Waals surface area contributed by atoms with Gasteiger partial charge in [-0.05, 0) is 0 Å². The average Bonchev–Trinajstić information content (AvgIpc) is 1.81. The molecule has 0 bridgehead atoms. The molecule has 1 atom stereocenters. The molecule has 0 rings (SSSR count). The highest BCUT2D eigenvalue weighted by molar-refractivity contribution is 7.80. The summed E-state index contributed by atoms with van der Waals surface area (Å²) in [6.45, 7) is 0. The predicted octanol–water partition coefficient (Wildman–Crippen LogP) is 1.25. The molecular formula is C4H7F3O2S. The number of hydrogen-bond acceptors (Lipinski definition) is 2. The van der Waals surface area contributed by atoms with Gasteiger partial charge in [0.05, 0.1) is 19.3 Å². The monoisotopic (exact) mass is 176 g/mol. The first kappa shape index (κ1) is 9.90. The van der Waals surface area contributed by atoms with Gasteiger partial charge >= 0.3 is 6.18 Å². The number of alkyl halides is 3. The standard InChI is InChI=1S/C4H7F3O2S/c1-9-10(8)3-2-4(5,6)7/h2-3H2,1H3. The molecule has 0 aromatic carbocycles. The Morgan fingerprint density at radius 3 is 2.30 bits per heavy atom. The minimum atomic E-state index is -4.24. The summed E-state index contributed by atoms with van der Waals surface area (Å²) >= 11 is -1.79. The van der Waals surface area contributed by atoms with Crippen molar-refractivity contribution in [3.8, 4) is 0 Å². The third-order valence-electron chi connectivity index (χ3n) is 0.738. The van der Waals surface area contributed by atoms with E-state index < -0.39 is 29.4 Å². The minimum absolute atomic E-state index is 0.486. The third kappa shape index (κ3) is 6.03. The van der Waals surface area contributed by atoms with Crippen molar-refractivity contribution in [1.82, 2.24) is 0 Å². The third-order valence-corrected chi connectivity index (χ3v) is 1.65. The van der Waals surface area contributed by atoms with Crippen molar-refractivity contribution in [3.05, 3.63) is 0 Å². The SMILES string of the molecule is COS(=O)CCC(F)(F)F. The lowest BCUT2D eigenvalue weighted by Gasteiger charge is -2.03. The molecule has 0 amide bonds. The molecule has 2 nitrogen and oxygen atoms in total. The predicted molar refractivity (Wildman–Crippen MR) is 30.7 cm³/mol. The van der Waals surface area contributed by atoms with Crippen LogP contribution in [0.5, 0.6) is 0 Å². The van der Waals surface area contributed by atoms with Crippen molar-refractivity contribution in [2.75, 3.05) is 12.9 Å². The average molecular weight is 176 g/mol. The molecule has 0 aromatic heterocycles. The van der Waals surface area contributed by atoms with Gasteiger partial charge in [0.1, 0.15) is 0 Å². The van der Waals surface area contributed by atoms with Crippen molar-refractivity contribution in [3.63, 3.8) is 0 Å². The lowest BCUT2D eigenvalue weighted by Crippen LogP contribution is -2.12. The van der Waals surface area contributed by atoms with Crippen molar-refractivity contribution >= 4 is 11.1 Å². The Kier molecular flexibility index (Phi) is 3.88. The van der Waals surface area contributed by atoms with Gasteiger partial charge in [0.2, 0.25) is 0 Å². The van der Waals surface area contributed by atoms with E-state index in [2.05, 4.69) is 4.18 Å². The van der Waals surface area contributed by atoms with E-state index in [0.29, 0.717) is 0 Å². The van der Waals surface area contributed by atoms with E-state index in [-0.39, 0.29) is 0 Å². The zero-order chi connectivity index (χ0) is 8.20. The Labute approximate surface area is 59.0 Å². The Morgan fingerprint density at radius 2 is 2.00 bits per heavy atom. The van der Waals surface area contributed by atoms with E-state index >= 15 is 0 Å². The summed E-state index contributed by atoms with van der Waals surface area (Å²) in [5.74, 6) is -0.486. The minimum Gasteiger partial charge on any atom is -0.294 e. The lowest BCUT2D eigenvalue weighted by molar-refractivity contribution is -0.130. The summed E-state index contributed by atoms with van der Waals surface area (Å²) in [6, 6.07) is 0. The zero-order valence-electron chi connectivity index (χ0n) is 5.27. The van der Waals surface area contributed by atoms with Gasteiger partial charge in [0.25, 0.3) is 0 Å². The van der Waals surface area contributed by atoms with E-state index in [0.717, 1.165) is 7.11 Å². The molecule has 0 aliphatic rings. The Bertz CT molecular complexity index is 122. The largest absolute Gasteiger partial charge is 0.390 e. The van der Waals surface area contributed by atoms with Crippen LogP contribution < -0.4 is 0 Å². The van der Waals surface area contributed by atoms with Gasteiger partial charge in [-0.1, -0.05) is 0 Å². The second kappa shape index (κ2) is 3.92. The van der Waals surface area contributed by atoms with E-state index in [1.807, 2.05) is 0 Å². The topological polar surface area (TPSA) is 26.3 Å². The van der Waals surface area contributed by atoms with Gasteiger partial charge < -0.3 is 0 Å². The lowest BCUT2D eigenvalue weighted by atomic mass is 10.5. The molecule has 0 aromatic rings. The normalized spacial score (nSPS) is 15.2. The molecule has 0 N–H and O–H groups in total. The van der Waals surface area contributed by atoms with E-state index in [4.69, 9.17) is 0 Å². The molecule has 0 spiro atoms. The van der Waals surface area contributed by atoms with Gasteiger partial charge in [-0.25, -0.2) is 4.21 Å². The van der Waals surface area contributed by atoms with E-state index in [1.54, 1.807) is 0 Å². The molecule has 0 saturated carbocycles. The van der Waals surface area contributed by atoms with Crippen LogP contribution in [0.15, 0.2) is 0 Å². The van der Waals surface area contributed by atoms with Crippen LogP contribution in [0.2, 0.25) is 0 Å². The highest BCUT2D eigenvalue weighted by atomic mass is 32.2. The summed E-state index contributed by atoms with van der Waals surface area (Å²) in [4.78, 5) is 0. The number of rotatable bonds is 3. The molecule has 62 valence electrons. The second-order valence-electron chi connectivity index (χ2n) is 1.54.